The first kappa shape index (κ1) is 19.5. The molecule has 0 amide bonds. The van der Waals surface area contributed by atoms with Crippen molar-refractivity contribution in [3.8, 4) is 0 Å². The third-order valence-electron chi connectivity index (χ3n) is 7.34. The van der Waals surface area contributed by atoms with Gasteiger partial charge in [0, 0.05) is 33.9 Å². The SMILES string of the molecule is c1ccc(N(c2cc3ccc4cccc5ccc(c2)c3c45)c2ccc3c(c2)oc2ccccc23)cc1. The molecule has 0 fully saturated rings. The van der Waals surface area contributed by atoms with Gasteiger partial charge in [-0.25, -0.2) is 0 Å². The van der Waals surface area contributed by atoms with Gasteiger partial charge >= 0.3 is 0 Å². The second-order valence-electron chi connectivity index (χ2n) is 9.43. The number of para-hydroxylation sites is 2. The van der Waals surface area contributed by atoms with Crippen LogP contribution in [0.2, 0.25) is 0 Å². The lowest BCUT2D eigenvalue weighted by atomic mass is 9.93. The standard InChI is InChI=1S/C34H21NO/c1-2-9-26(10-3-1)35(27-17-18-30-29-11-4-5-12-31(29)36-32(30)21-27)28-19-24-15-13-22-7-6-8-23-14-16-25(20-28)34(24)33(22)23/h1-21H. The van der Waals surface area contributed by atoms with Gasteiger partial charge in [-0.15, -0.1) is 0 Å². The topological polar surface area (TPSA) is 16.4 Å². The van der Waals surface area contributed by atoms with E-state index in [1.807, 2.05) is 12.1 Å². The van der Waals surface area contributed by atoms with Crippen molar-refractivity contribution in [3.05, 3.63) is 127 Å². The van der Waals surface area contributed by atoms with E-state index in [1.165, 1.54) is 32.3 Å². The Kier molecular flexibility index (Phi) is 3.97. The maximum atomic E-state index is 6.25. The predicted octanol–water partition coefficient (Wildman–Crippen LogP) is 9.95. The lowest BCUT2D eigenvalue weighted by molar-refractivity contribution is 0.669. The first-order chi connectivity index (χ1) is 17.8. The fraction of sp³-hybridized carbons (Fsp3) is 0. The monoisotopic (exact) mass is 459 g/mol. The van der Waals surface area contributed by atoms with E-state index in [9.17, 15) is 0 Å². The fourth-order valence-corrected chi connectivity index (χ4v) is 5.74. The second kappa shape index (κ2) is 7.34. The van der Waals surface area contributed by atoms with Crippen LogP contribution in [0, 0.1) is 0 Å². The Morgan fingerprint density at radius 1 is 0.389 bits per heavy atom. The van der Waals surface area contributed by atoms with E-state index in [0.29, 0.717) is 0 Å². The Hall–Kier alpha value is -4.82. The van der Waals surface area contributed by atoms with Gasteiger partial charge in [0.1, 0.15) is 11.2 Å². The van der Waals surface area contributed by atoms with E-state index in [0.717, 1.165) is 39.0 Å². The number of furan rings is 1. The van der Waals surface area contributed by atoms with Crippen LogP contribution in [0.3, 0.4) is 0 Å². The molecule has 2 nitrogen and oxygen atoms in total. The van der Waals surface area contributed by atoms with Crippen molar-refractivity contribution in [2.24, 2.45) is 0 Å². The molecule has 0 N–H and O–H groups in total. The largest absolute Gasteiger partial charge is 0.456 e. The quantitative estimate of drug-likeness (QED) is 0.244. The van der Waals surface area contributed by atoms with Crippen molar-refractivity contribution in [2.75, 3.05) is 4.90 Å². The molecule has 8 aromatic rings. The number of hydrogen-bond acceptors (Lipinski definition) is 2. The molecule has 0 aliphatic heterocycles. The first-order valence-electron chi connectivity index (χ1n) is 12.3. The average molecular weight is 460 g/mol. The normalized spacial score (nSPS) is 11.9. The first-order valence-corrected chi connectivity index (χ1v) is 12.3. The molecule has 0 unspecified atom stereocenters. The zero-order valence-corrected chi connectivity index (χ0v) is 19.5. The molecule has 168 valence electrons. The molecule has 1 heterocycles. The molecule has 7 aromatic carbocycles. The number of hydrogen-bond donors (Lipinski definition) is 0. The van der Waals surface area contributed by atoms with E-state index in [4.69, 9.17) is 4.42 Å². The summed E-state index contributed by atoms with van der Waals surface area (Å²) < 4.78 is 6.25. The Balaban J connectivity index is 1.40. The van der Waals surface area contributed by atoms with Gasteiger partial charge in [0.2, 0.25) is 0 Å². The van der Waals surface area contributed by atoms with E-state index < -0.39 is 0 Å². The Morgan fingerprint density at radius 3 is 1.81 bits per heavy atom. The summed E-state index contributed by atoms with van der Waals surface area (Å²) in [4.78, 5) is 2.32. The molecule has 0 bridgehead atoms. The summed E-state index contributed by atoms with van der Waals surface area (Å²) in [5, 5.41) is 10.0. The van der Waals surface area contributed by atoms with E-state index in [-0.39, 0.29) is 0 Å². The average Bonchev–Trinajstić information content (AvgIpc) is 3.30. The second-order valence-corrected chi connectivity index (χ2v) is 9.43. The van der Waals surface area contributed by atoms with Gasteiger partial charge in [-0.1, -0.05) is 78.9 Å². The molecule has 0 atom stereocenters. The van der Waals surface area contributed by atoms with Gasteiger partial charge in [-0.05, 0) is 74.8 Å². The van der Waals surface area contributed by atoms with Crippen molar-refractivity contribution in [1.29, 1.82) is 0 Å². The van der Waals surface area contributed by atoms with Crippen molar-refractivity contribution in [1.82, 2.24) is 0 Å². The smallest absolute Gasteiger partial charge is 0.137 e. The van der Waals surface area contributed by atoms with E-state index >= 15 is 0 Å². The van der Waals surface area contributed by atoms with Gasteiger partial charge < -0.3 is 9.32 Å². The predicted molar refractivity (Wildman–Crippen MR) is 152 cm³/mol. The van der Waals surface area contributed by atoms with Gasteiger partial charge in [-0.3, -0.25) is 0 Å². The van der Waals surface area contributed by atoms with Gasteiger partial charge in [0.05, 0.1) is 0 Å². The Bertz CT molecular complexity index is 1990. The van der Waals surface area contributed by atoms with Crippen LogP contribution in [0.25, 0.3) is 54.3 Å². The molecule has 0 aliphatic rings. The molecule has 0 spiro atoms. The minimum absolute atomic E-state index is 0.896. The maximum absolute atomic E-state index is 6.25. The Morgan fingerprint density at radius 2 is 1.03 bits per heavy atom. The summed E-state index contributed by atoms with van der Waals surface area (Å²) in [5.74, 6) is 0. The highest BCUT2D eigenvalue weighted by atomic mass is 16.3. The van der Waals surface area contributed by atoms with Crippen molar-refractivity contribution < 1.29 is 4.42 Å². The number of benzene rings is 7. The molecule has 2 heteroatoms. The zero-order valence-electron chi connectivity index (χ0n) is 19.5. The van der Waals surface area contributed by atoms with Crippen LogP contribution in [0.5, 0.6) is 0 Å². The molecule has 0 saturated carbocycles. The highest BCUT2D eigenvalue weighted by molar-refractivity contribution is 6.23. The van der Waals surface area contributed by atoms with Crippen LogP contribution >= 0.6 is 0 Å². The lowest BCUT2D eigenvalue weighted by Crippen LogP contribution is -2.09. The third kappa shape index (κ3) is 2.79. The summed E-state index contributed by atoms with van der Waals surface area (Å²) in [6.45, 7) is 0. The van der Waals surface area contributed by atoms with Crippen LogP contribution < -0.4 is 4.90 Å². The molecular formula is C34H21NO. The minimum atomic E-state index is 0.896. The highest BCUT2D eigenvalue weighted by Gasteiger charge is 2.17. The van der Waals surface area contributed by atoms with Crippen molar-refractivity contribution in [3.63, 3.8) is 0 Å². The highest BCUT2D eigenvalue weighted by Crippen LogP contribution is 2.42. The number of rotatable bonds is 3. The molecule has 8 rings (SSSR count). The zero-order chi connectivity index (χ0) is 23.6. The summed E-state index contributed by atoms with van der Waals surface area (Å²) in [6, 6.07) is 45.5. The third-order valence-corrected chi connectivity index (χ3v) is 7.34. The summed E-state index contributed by atoms with van der Waals surface area (Å²) in [6.07, 6.45) is 0. The number of anilines is 3. The minimum Gasteiger partial charge on any atom is -0.456 e. The summed E-state index contributed by atoms with van der Waals surface area (Å²) in [7, 11) is 0. The lowest BCUT2D eigenvalue weighted by Gasteiger charge is -2.26. The summed E-state index contributed by atoms with van der Waals surface area (Å²) in [5.41, 5.74) is 5.12. The molecule has 0 aliphatic carbocycles. The molecular weight excluding hydrogens is 438 g/mol. The fourth-order valence-electron chi connectivity index (χ4n) is 5.74. The molecule has 0 radical (unpaired) electrons. The van der Waals surface area contributed by atoms with Gasteiger partial charge in [-0.2, -0.15) is 0 Å². The van der Waals surface area contributed by atoms with Gasteiger partial charge in [0.15, 0.2) is 0 Å². The van der Waals surface area contributed by atoms with E-state index in [2.05, 4.69) is 120 Å². The van der Waals surface area contributed by atoms with Crippen molar-refractivity contribution >= 4 is 71.3 Å². The molecule has 0 saturated heterocycles. The van der Waals surface area contributed by atoms with Crippen LogP contribution in [-0.2, 0) is 0 Å². The van der Waals surface area contributed by atoms with Crippen LogP contribution in [-0.4, -0.2) is 0 Å². The molecule has 36 heavy (non-hydrogen) atoms. The van der Waals surface area contributed by atoms with Crippen LogP contribution in [0.1, 0.15) is 0 Å². The van der Waals surface area contributed by atoms with Crippen molar-refractivity contribution in [2.45, 2.75) is 0 Å². The number of nitrogens with zero attached hydrogens (tertiary/aromatic N) is 1. The van der Waals surface area contributed by atoms with Gasteiger partial charge in [0.25, 0.3) is 0 Å². The number of fused-ring (bicyclic) bond motifs is 3. The Labute approximate surface area is 207 Å². The van der Waals surface area contributed by atoms with Crippen LogP contribution in [0.4, 0.5) is 17.1 Å². The summed E-state index contributed by atoms with van der Waals surface area (Å²) >= 11 is 0. The van der Waals surface area contributed by atoms with Crippen LogP contribution in [0.15, 0.2) is 132 Å². The van der Waals surface area contributed by atoms with E-state index in [1.54, 1.807) is 0 Å². The molecule has 1 aromatic heterocycles. The maximum Gasteiger partial charge on any atom is 0.137 e.